The summed E-state index contributed by atoms with van der Waals surface area (Å²) >= 11 is 1.33. The van der Waals surface area contributed by atoms with Crippen LogP contribution in [-0.2, 0) is 17.1 Å². The van der Waals surface area contributed by atoms with Gasteiger partial charge in [0.2, 0.25) is 5.91 Å². The largest absolute Gasteiger partial charge is 0.423 e. The third-order valence-electron chi connectivity index (χ3n) is 7.22. The molecular weight excluding hydrogens is 604 g/mol. The van der Waals surface area contributed by atoms with Gasteiger partial charge in [0, 0.05) is 44.0 Å². The van der Waals surface area contributed by atoms with E-state index in [1.807, 2.05) is 4.90 Å². The van der Waals surface area contributed by atoms with E-state index in [0.717, 1.165) is 56.4 Å². The van der Waals surface area contributed by atoms with Crippen molar-refractivity contribution in [3.63, 3.8) is 0 Å². The van der Waals surface area contributed by atoms with Crippen molar-refractivity contribution >= 4 is 44.0 Å². The van der Waals surface area contributed by atoms with Gasteiger partial charge in [0.25, 0.3) is 5.69 Å². The average Bonchev–Trinajstić information content (AvgIpc) is 3.40. The van der Waals surface area contributed by atoms with E-state index in [1.165, 1.54) is 23.5 Å². The van der Waals surface area contributed by atoms with E-state index in [-0.39, 0.29) is 17.6 Å². The molecule has 0 bridgehead atoms. The highest BCUT2D eigenvalue weighted by Gasteiger charge is 2.38. The number of thiazole rings is 1. The second-order valence-electron chi connectivity index (χ2n) is 10.2. The minimum absolute atomic E-state index is 0.145. The summed E-state index contributed by atoms with van der Waals surface area (Å²) in [6.07, 6.45) is -4.03. The number of alkyl halides is 6. The number of anilines is 2. The van der Waals surface area contributed by atoms with Crippen molar-refractivity contribution in [1.29, 1.82) is 0 Å². The predicted octanol–water partition coefficient (Wildman–Crippen LogP) is 6.31. The van der Waals surface area contributed by atoms with Crippen molar-refractivity contribution < 1.29 is 41.2 Å². The number of hydrogen-bond donors (Lipinski definition) is 2. The molecule has 0 spiro atoms. The Hall–Kier alpha value is -3.66. The van der Waals surface area contributed by atoms with Gasteiger partial charge in [0.1, 0.15) is 12.2 Å². The molecule has 1 aliphatic carbocycles. The standard InChI is InChI=1S/C14H14F3N3O2S.C13H15F3N2O2/c15-14(16,17)9-1-2-11-10(7-9)18-13(23-11)20-5-3-19(4-6-20)12(22)8-21;14-13(15,16)11-8-10(6-7-12(11)18(19)20)17-9-4-2-1-3-5-9/h1-2,7,21H,3-6,8H2;6-9,17H,1-5H2. The van der Waals surface area contributed by atoms with E-state index < -0.39 is 40.7 Å². The highest BCUT2D eigenvalue weighted by Crippen LogP contribution is 2.38. The molecule has 1 amide bonds. The van der Waals surface area contributed by atoms with Crippen molar-refractivity contribution in [2.45, 2.75) is 50.5 Å². The highest BCUT2D eigenvalue weighted by molar-refractivity contribution is 7.22. The topological polar surface area (TPSA) is 112 Å². The van der Waals surface area contributed by atoms with Gasteiger partial charge >= 0.3 is 12.4 Å². The number of aromatic nitrogens is 1. The lowest BCUT2D eigenvalue weighted by molar-refractivity contribution is -0.388. The second-order valence-corrected chi connectivity index (χ2v) is 11.2. The molecule has 5 rings (SSSR count). The van der Waals surface area contributed by atoms with Gasteiger partial charge in [-0.15, -0.1) is 0 Å². The van der Waals surface area contributed by atoms with Gasteiger partial charge in [-0.05, 0) is 43.2 Å². The first kappa shape index (κ1) is 32.3. The molecule has 9 nitrogen and oxygen atoms in total. The lowest BCUT2D eigenvalue weighted by Crippen LogP contribution is -2.49. The highest BCUT2D eigenvalue weighted by atomic mass is 32.1. The number of aliphatic hydroxyl groups is 1. The maximum absolute atomic E-state index is 12.8. The van der Waals surface area contributed by atoms with Gasteiger partial charge in [0.15, 0.2) is 5.13 Å². The smallest absolute Gasteiger partial charge is 0.387 e. The van der Waals surface area contributed by atoms with Gasteiger partial charge in [0.05, 0.1) is 20.7 Å². The summed E-state index contributed by atoms with van der Waals surface area (Å²) in [5, 5.41) is 23.2. The maximum Gasteiger partial charge on any atom is 0.423 e. The number of carbonyl (C=O) groups excluding carboxylic acids is 1. The lowest BCUT2D eigenvalue weighted by Gasteiger charge is -2.34. The Morgan fingerprint density at radius 1 is 1.00 bits per heavy atom. The minimum Gasteiger partial charge on any atom is -0.387 e. The number of hydrogen-bond acceptors (Lipinski definition) is 8. The zero-order chi connectivity index (χ0) is 31.4. The van der Waals surface area contributed by atoms with Crippen molar-refractivity contribution in [2.24, 2.45) is 0 Å². The number of carbonyl (C=O) groups is 1. The van der Waals surface area contributed by atoms with E-state index >= 15 is 0 Å². The number of nitro groups is 1. The number of aliphatic hydroxyl groups excluding tert-OH is 1. The second kappa shape index (κ2) is 13.3. The first-order valence-corrected chi connectivity index (χ1v) is 14.3. The normalized spacial score (nSPS) is 16.5. The van der Waals surface area contributed by atoms with Crippen molar-refractivity contribution in [1.82, 2.24) is 9.88 Å². The molecule has 1 aromatic heterocycles. The molecular formula is C27H29F6N5O4S. The zero-order valence-corrected chi connectivity index (χ0v) is 23.6. The summed E-state index contributed by atoms with van der Waals surface area (Å²) in [4.78, 5) is 28.9. The molecule has 43 heavy (non-hydrogen) atoms. The van der Waals surface area contributed by atoms with Crippen LogP contribution in [0.1, 0.15) is 43.2 Å². The number of nitrogens with zero attached hydrogens (tertiary/aromatic N) is 4. The molecule has 0 atom stereocenters. The Kier molecular flexibility index (Phi) is 10.00. The minimum atomic E-state index is -4.73. The molecule has 2 aliphatic rings. The van der Waals surface area contributed by atoms with Crippen LogP contribution in [0.15, 0.2) is 36.4 Å². The van der Waals surface area contributed by atoms with Crippen molar-refractivity contribution in [2.75, 3.05) is 43.0 Å². The summed E-state index contributed by atoms with van der Waals surface area (Å²) in [6.45, 7) is 1.49. The van der Waals surface area contributed by atoms with Crippen LogP contribution in [-0.4, -0.2) is 64.6 Å². The fourth-order valence-electron chi connectivity index (χ4n) is 4.97. The van der Waals surface area contributed by atoms with Crippen molar-refractivity contribution in [3.8, 4) is 0 Å². The van der Waals surface area contributed by atoms with Gasteiger partial charge in [-0.3, -0.25) is 14.9 Å². The summed E-state index contributed by atoms with van der Waals surface area (Å²) in [6, 6.07) is 6.77. The molecule has 1 aliphatic heterocycles. The van der Waals surface area contributed by atoms with Gasteiger partial charge in [-0.2, -0.15) is 26.3 Å². The fraction of sp³-hybridized carbons (Fsp3) is 0.481. The summed E-state index contributed by atoms with van der Waals surface area (Å²) in [5.41, 5.74) is -2.21. The van der Waals surface area contributed by atoms with E-state index in [0.29, 0.717) is 41.5 Å². The van der Waals surface area contributed by atoms with Gasteiger partial charge in [-0.1, -0.05) is 30.6 Å². The van der Waals surface area contributed by atoms with Gasteiger partial charge < -0.3 is 20.2 Å². The van der Waals surface area contributed by atoms with Crippen LogP contribution in [0.5, 0.6) is 0 Å². The third-order valence-corrected chi connectivity index (χ3v) is 8.31. The molecule has 2 N–H and O–H groups in total. The van der Waals surface area contributed by atoms with Crippen LogP contribution in [0.2, 0.25) is 0 Å². The molecule has 1 saturated heterocycles. The van der Waals surface area contributed by atoms with E-state index in [1.54, 1.807) is 4.90 Å². The third kappa shape index (κ3) is 8.25. The first-order valence-electron chi connectivity index (χ1n) is 13.5. The number of nitrogens with one attached hydrogen (secondary N) is 1. The number of piperazine rings is 1. The molecule has 0 unspecified atom stereocenters. The Morgan fingerprint density at radius 3 is 2.26 bits per heavy atom. The fourth-order valence-corrected chi connectivity index (χ4v) is 5.97. The Labute approximate surface area is 246 Å². The van der Waals surface area contributed by atoms with E-state index in [4.69, 9.17) is 5.11 Å². The van der Waals surface area contributed by atoms with Crippen LogP contribution < -0.4 is 10.2 Å². The van der Waals surface area contributed by atoms with Gasteiger partial charge in [-0.25, -0.2) is 4.98 Å². The molecule has 16 heteroatoms. The summed E-state index contributed by atoms with van der Waals surface area (Å²) in [5.74, 6) is -0.316. The van der Waals surface area contributed by atoms with Crippen molar-refractivity contribution in [3.05, 3.63) is 57.6 Å². The van der Waals surface area contributed by atoms with Crippen LogP contribution in [0.4, 0.5) is 42.8 Å². The molecule has 3 aromatic rings. The van der Waals surface area contributed by atoms with E-state index in [9.17, 15) is 41.3 Å². The predicted molar refractivity (Wildman–Crippen MR) is 149 cm³/mol. The average molecular weight is 634 g/mol. The molecule has 2 aromatic carbocycles. The molecule has 1 saturated carbocycles. The van der Waals surface area contributed by atoms with Crippen LogP contribution >= 0.6 is 11.3 Å². The maximum atomic E-state index is 12.8. The van der Waals surface area contributed by atoms with Crippen LogP contribution in [0, 0.1) is 10.1 Å². The lowest BCUT2D eigenvalue weighted by atomic mass is 9.95. The number of amides is 1. The zero-order valence-electron chi connectivity index (χ0n) is 22.7. The molecule has 0 radical (unpaired) electrons. The summed E-state index contributed by atoms with van der Waals surface area (Å²) < 4.78 is 77.4. The van der Waals surface area contributed by atoms with Crippen LogP contribution in [0.25, 0.3) is 10.2 Å². The Bertz CT molecular complexity index is 1430. The Morgan fingerprint density at radius 2 is 1.67 bits per heavy atom. The molecule has 234 valence electrons. The number of nitro benzene ring substituents is 1. The Balaban J connectivity index is 0.000000199. The quantitative estimate of drug-likeness (QED) is 0.192. The first-order chi connectivity index (χ1) is 20.3. The SMILES string of the molecule is O=C(CO)N1CCN(c2nc3cc(C(F)(F)F)ccc3s2)CC1.O=[N+]([O-])c1ccc(NC2CCCCC2)cc1C(F)(F)F. The number of halogens is 6. The summed E-state index contributed by atoms with van der Waals surface area (Å²) in [7, 11) is 0. The number of fused-ring (bicyclic) bond motifs is 1. The number of rotatable bonds is 5. The molecule has 2 fully saturated rings. The monoisotopic (exact) mass is 633 g/mol. The van der Waals surface area contributed by atoms with Crippen LogP contribution in [0.3, 0.4) is 0 Å². The number of benzene rings is 2. The van der Waals surface area contributed by atoms with E-state index in [2.05, 4.69) is 10.3 Å². The molecule has 2 heterocycles.